The topological polar surface area (TPSA) is 69.9 Å². The van der Waals surface area contributed by atoms with Crippen molar-refractivity contribution in [3.8, 4) is 51.0 Å². The minimum Gasteiger partial charge on any atom is -0.456 e. The standard InChI is InChI=1S/C51H30N4O2/c1-3-12-31(13-4-1)33-24-27-45-42(28-33)40-25-22-34(29-46(40)57-45)36-18-11-19-41-37-16-7-9-20-43(37)55(48(36)41)51-53-49(32-14-5-2-6-15-32)52-50(54-51)35-23-26-39-38-17-8-10-21-44(38)56-47(39)30-35/h1-30H. The second-order valence-electron chi connectivity index (χ2n) is 14.4. The van der Waals surface area contributed by atoms with E-state index in [4.69, 9.17) is 23.8 Å². The molecule has 0 atom stereocenters. The van der Waals surface area contributed by atoms with Crippen LogP contribution in [0.5, 0.6) is 0 Å². The Bertz CT molecular complexity index is 3530. The minimum absolute atomic E-state index is 0.528. The summed E-state index contributed by atoms with van der Waals surface area (Å²) >= 11 is 0. The van der Waals surface area contributed by atoms with Crippen LogP contribution in [0.1, 0.15) is 0 Å². The van der Waals surface area contributed by atoms with Crippen LogP contribution in [0.4, 0.5) is 0 Å². The number of fused-ring (bicyclic) bond motifs is 9. The Kier molecular flexibility index (Phi) is 6.83. The zero-order chi connectivity index (χ0) is 37.5. The monoisotopic (exact) mass is 730 g/mol. The fourth-order valence-corrected chi connectivity index (χ4v) is 8.39. The van der Waals surface area contributed by atoms with Crippen molar-refractivity contribution in [2.75, 3.05) is 0 Å². The lowest BCUT2D eigenvalue weighted by Crippen LogP contribution is -2.07. The maximum atomic E-state index is 6.52. The summed E-state index contributed by atoms with van der Waals surface area (Å²) in [5.74, 6) is 1.67. The van der Waals surface area contributed by atoms with Gasteiger partial charge in [-0.15, -0.1) is 0 Å². The first-order valence-electron chi connectivity index (χ1n) is 19.0. The van der Waals surface area contributed by atoms with E-state index in [1.54, 1.807) is 0 Å². The third kappa shape index (κ3) is 5.01. The number of nitrogens with zero attached hydrogens (tertiary/aromatic N) is 4. The highest BCUT2D eigenvalue weighted by molar-refractivity contribution is 6.15. The van der Waals surface area contributed by atoms with Gasteiger partial charge in [0.25, 0.3) is 0 Å². The van der Waals surface area contributed by atoms with Gasteiger partial charge in [0.15, 0.2) is 11.6 Å². The summed E-state index contributed by atoms with van der Waals surface area (Å²) in [6.45, 7) is 0. The van der Waals surface area contributed by atoms with Crippen molar-refractivity contribution in [2.45, 2.75) is 0 Å². The highest BCUT2D eigenvalue weighted by Crippen LogP contribution is 2.41. The van der Waals surface area contributed by atoms with Gasteiger partial charge in [-0.25, -0.2) is 4.98 Å². The quantitative estimate of drug-likeness (QED) is 0.176. The van der Waals surface area contributed by atoms with E-state index in [0.29, 0.717) is 17.6 Å². The van der Waals surface area contributed by atoms with E-state index in [0.717, 1.165) is 93.5 Å². The van der Waals surface area contributed by atoms with Crippen LogP contribution in [0.25, 0.3) is 117 Å². The van der Waals surface area contributed by atoms with Crippen molar-refractivity contribution >= 4 is 65.7 Å². The van der Waals surface area contributed by atoms with Crippen LogP contribution in [-0.2, 0) is 0 Å². The SMILES string of the molecule is c1ccc(-c2ccc3oc4cc(-c5cccc6c7ccccc7n(-c7nc(-c8ccccc8)nc(-c8ccc9c(c8)oc8ccccc89)n7)c56)ccc4c3c2)cc1. The van der Waals surface area contributed by atoms with E-state index < -0.39 is 0 Å². The van der Waals surface area contributed by atoms with Crippen LogP contribution in [0.2, 0.25) is 0 Å². The van der Waals surface area contributed by atoms with Crippen molar-refractivity contribution < 1.29 is 8.83 Å². The van der Waals surface area contributed by atoms with Gasteiger partial charge in [-0.2, -0.15) is 9.97 Å². The van der Waals surface area contributed by atoms with E-state index in [-0.39, 0.29) is 0 Å². The number of para-hydroxylation sites is 3. The molecular weight excluding hydrogens is 701 g/mol. The Morgan fingerprint density at radius 2 is 0.912 bits per heavy atom. The molecule has 4 aromatic heterocycles. The molecule has 57 heavy (non-hydrogen) atoms. The minimum atomic E-state index is 0.528. The van der Waals surface area contributed by atoms with E-state index in [9.17, 15) is 0 Å². The summed E-state index contributed by atoms with van der Waals surface area (Å²) in [4.78, 5) is 15.6. The first-order chi connectivity index (χ1) is 28.2. The second kappa shape index (κ2) is 12.3. The number of furan rings is 2. The van der Waals surface area contributed by atoms with E-state index in [1.165, 1.54) is 5.56 Å². The third-order valence-corrected chi connectivity index (χ3v) is 11.1. The number of rotatable bonds is 5. The molecule has 0 aliphatic carbocycles. The molecule has 266 valence electrons. The van der Waals surface area contributed by atoms with E-state index in [1.807, 2.05) is 60.7 Å². The summed E-state index contributed by atoms with van der Waals surface area (Å²) in [6, 6.07) is 62.7. The van der Waals surface area contributed by atoms with Gasteiger partial charge in [-0.05, 0) is 65.2 Å². The van der Waals surface area contributed by atoms with Crippen LogP contribution >= 0.6 is 0 Å². The van der Waals surface area contributed by atoms with Gasteiger partial charge in [-0.1, -0.05) is 133 Å². The molecule has 12 aromatic rings. The summed E-state index contributed by atoms with van der Waals surface area (Å²) in [5.41, 5.74) is 11.5. The van der Waals surface area contributed by atoms with Crippen LogP contribution < -0.4 is 0 Å². The van der Waals surface area contributed by atoms with Crippen molar-refractivity contribution in [3.05, 3.63) is 182 Å². The Hall–Kier alpha value is -7.83. The lowest BCUT2D eigenvalue weighted by molar-refractivity contribution is 0.668. The molecular formula is C51H30N4O2. The zero-order valence-corrected chi connectivity index (χ0v) is 30.4. The number of benzene rings is 8. The molecule has 4 heterocycles. The third-order valence-electron chi connectivity index (χ3n) is 11.1. The first kappa shape index (κ1) is 31.5. The van der Waals surface area contributed by atoms with Gasteiger partial charge in [-0.3, -0.25) is 4.57 Å². The number of aromatic nitrogens is 4. The van der Waals surface area contributed by atoms with Gasteiger partial charge >= 0.3 is 0 Å². The Morgan fingerprint density at radius 3 is 1.72 bits per heavy atom. The smallest absolute Gasteiger partial charge is 0.238 e. The van der Waals surface area contributed by atoms with E-state index >= 15 is 0 Å². The van der Waals surface area contributed by atoms with Gasteiger partial charge in [0.2, 0.25) is 5.95 Å². The fraction of sp³-hybridized carbons (Fsp3) is 0. The molecule has 0 radical (unpaired) electrons. The molecule has 0 saturated carbocycles. The normalized spacial score (nSPS) is 11.9. The van der Waals surface area contributed by atoms with Gasteiger partial charge < -0.3 is 8.83 Å². The van der Waals surface area contributed by atoms with Crippen LogP contribution in [0.3, 0.4) is 0 Å². The van der Waals surface area contributed by atoms with Gasteiger partial charge in [0, 0.05) is 49.0 Å². The molecule has 0 aliphatic rings. The predicted octanol–water partition coefficient (Wildman–Crippen LogP) is 13.4. The molecule has 0 fully saturated rings. The molecule has 0 aliphatic heterocycles. The van der Waals surface area contributed by atoms with Crippen molar-refractivity contribution in [1.82, 2.24) is 19.5 Å². The van der Waals surface area contributed by atoms with Crippen LogP contribution in [-0.4, -0.2) is 19.5 Å². The molecule has 0 bridgehead atoms. The highest BCUT2D eigenvalue weighted by Gasteiger charge is 2.21. The van der Waals surface area contributed by atoms with E-state index in [2.05, 4.69) is 126 Å². The molecule has 0 saturated heterocycles. The first-order valence-corrected chi connectivity index (χ1v) is 19.0. The van der Waals surface area contributed by atoms with Gasteiger partial charge in [0.1, 0.15) is 22.3 Å². The van der Waals surface area contributed by atoms with Crippen molar-refractivity contribution in [3.63, 3.8) is 0 Å². The maximum Gasteiger partial charge on any atom is 0.238 e. The molecule has 0 N–H and O–H groups in total. The maximum absolute atomic E-state index is 6.52. The molecule has 0 spiro atoms. The van der Waals surface area contributed by atoms with Crippen molar-refractivity contribution in [2.24, 2.45) is 0 Å². The molecule has 0 unspecified atom stereocenters. The molecule has 0 amide bonds. The number of hydrogen-bond donors (Lipinski definition) is 0. The molecule has 12 rings (SSSR count). The fourth-order valence-electron chi connectivity index (χ4n) is 8.39. The lowest BCUT2D eigenvalue weighted by Gasteiger charge is -2.13. The Labute approximate surface area is 325 Å². The largest absolute Gasteiger partial charge is 0.456 e. The average Bonchev–Trinajstić information content (AvgIpc) is 3.95. The molecule has 8 aromatic carbocycles. The second-order valence-corrected chi connectivity index (χ2v) is 14.4. The Morgan fingerprint density at radius 1 is 0.333 bits per heavy atom. The molecule has 6 heteroatoms. The van der Waals surface area contributed by atoms with Crippen LogP contribution in [0, 0.1) is 0 Å². The number of hydrogen-bond acceptors (Lipinski definition) is 5. The van der Waals surface area contributed by atoms with Crippen LogP contribution in [0.15, 0.2) is 191 Å². The van der Waals surface area contributed by atoms with Gasteiger partial charge in [0.05, 0.1) is 11.0 Å². The summed E-state index contributed by atoms with van der Waals surface area (Å²) in [7, 11) is 0. The summed E-state index contributed by atoms with van der Waals surface area (Å²) in [6.07, 6.45) is 0. The summed E-state index contributed by atoms with van der Waals surface area (Å²) in [5, 5.41) is 6.52. The zero-order valence-electron chi connectivity index (χ0n) is 30.4. The average molecular weight is 731 g/mol. The predicted molar refractivity (Wildman–Crippen MR) is 230 cm³/mol. The Balaban J connectivity index is 1.08. The van der Waals surface area contributed by atoms with Crippen molar-refractivity contribution in [1.29, 1.82) is 0 Å². The lowest BCUT2D eigenvalue weighted by atomic mass is 9.99. The summed E-state index contributed by atoms with van der Waals surface area (Å²) < 4.78 is 15.0. The molecule has 6 nitrogen and oxygen atoms in total. The highest BCUT2D eigenvalue weighted by atomic mass is 16.3.